The van der Waals surface area contributed by atoms with E-state index in [0.29, 0.717) is 13.0 Å². The van der Waals surface area contributed by atoms with Crippen LogP contribution in [0.25, 0.3) is 5.57 Å². The highest BCUT2D eigenvalue weighted by molar-refractivity contribution is 5.80. The van der Waals surface area contributed by atoms with Crippen molar-refractivity contribution in [1.29, 1.82) is 0 Å². The number of carbonyl (C=O) groups is 1. The Balaban J connectivity index is 1.47. The Morgan fingerprint density at radius 1 is 1.16 bits per heavy atom. The predicted octanol–water partition coefficient (Wildman–Crippen LogP) is 2.48. The average molecular weight is 335 g/mol. The molecule has 0 aliphatic carbocycles. The second-order valence-corrected chi connectivity index (χ2v) is 6.72. The van der Waals surface area contributed by atoms with Crippen molar-refractivity contribution >= 4 is 11.5 Å². The topological polar surface area (TPSA) is 55.2 Å². The third-order valence-corrected chi connectivity index (χ3v) is 5.19. The van der Waals surface area contributed by atoms with Crippen molar-refractivity contribution in [1.82, 2.24) is 14.5 Å². The van der Waals surface area contributed by atoms with E-state index >= 15 is 0 Å². The number of amides is 1. The zero-order valence-corrected chi connectivity index (χ0v) is 14.0. The molecule has 1 amide bonds. The summed E-state index contributed by atoms with van der Waals surface area (Å²) in [5.41, 5.74) is 2.49. The van der Waals surface area contributed by atoms with Crippen LogP contribution in [0.15, 0.2) is 59.8 Å². The smallest absolute Gasteiger partial charge is 0.253 e. The SMILES string of the molecule is O=C(CCn1cnccc1=O)N1[C@@H]2CC[C@@H]1C=C(c1ccccc1)C2. The Morgan fingerprint density at radius 2 is 2.00 bits per heavy atom. The average Bonchev–Trinajstić information content (AvgIpc) is 2.91. The van der Waals surface area contributed by atoms with Gasteiger partial charge in [0.05, 0.1) is 12.4 Å². The Hall–Kier alpha value is -2.69. The highest BCUT2D eigenvalue weighted by atomic mass is 16.2. The Kier molecular flexibility index (Phi) is 4.22. The fourth-order valence-electron chi connectivity index (χ4n) is 3.98. The maximum atomic E-state index is 12.7. The summed E-state index contributed by atoms with van der Waals surface area (Å²) in [6, 6.07) is 12.3. The van der Waals surface area contributed by atoms with Gasteiger partial charge in [0.15, 0.2) is 0 Å². The number of rotatable bonds is 4. The van der Waals surface area contributed by atoms with Crippen LogP contribution >= 0.6 is 0 Å². The van der Waals surface area contributed by atoms with Gasteiger partial charge in [0.1, 0.15) is 0 Å². The molecule has 25 heavy (non-hydrogen) atoms. The van der Waals surface area contributed by atoms with E-state index in [-0.39, 0.29) is 23.6 Å². The van der Waals surface area contributed by atoms with Gasteiger partial charge in [-0.05, 0) is 30.4 Å². The van der Waals surface area contributed by atoms with Crippen molar-refractivity contribution in [2.45, 2.75) is 44.3 Å². The van der Waals surface area contributed by atoms with Gasteiger partial charge in [-0.15, -0.1) is 0 Å². The van der Waals surface area contributed by atoms with E-state index in [1.54, 1.807) is 0 Å². The third kappa shape index (κ3) is 3.14. The second-order valence-electron chi connectivity index (χ2n) is 6.72. The van der Waals surface area contributed by atoms with Crippen molar-refractivity contribution in [2.24, 2.45) is 0 Å². The Labute approximate surface area is 146 Å². The van der Waals surface area contributed by atoms with E-state index in [1.165, 1.54) is 34.3 Å². The van der Waals surface area contributed by atoms with Gasteiger partial charge in [-0.1, -0.05) is 36.4 Å². The standard InChI is InChI=1S/C20H21N3O2/c24-19-8-10-21-14-22(19)11-9-20(25)23-17-6-7-18(23)13-16(12-17)15-4-2-1-3-5-15/h1-5,8,10,12,14,17-18H,6-7,9,11,13H2/t17-,18-/m1/s1. The van der Waals surface area contributed by atoms with Crippen LogP contribution in [0, 0.1) is 0 Å². The van der Waals surface area contributed by atoms with Crippen LogP contribution in [-0.2, 0) is 11.3 Å². The molecule has 2 aliphatic rings. The third-order valence-electron chi connectivity index (χ3n) is 5.19. The first-order valence-electron chi connectivity index (χ1n) is 8.80. The molecule has 128 valence electrons. The largest absolute Gasteiger partial charge is 0.333 e. The molecule has 3 heterocycles. The molecule has 0 N–H and O–H groups in total. The monoisotopic (exact) mass is 335 g/mol. The molecule has 1 saturated heterocycles. The lowest BCUT2D eigenvalue weighted by Gasteiger charge is -2.34. The fraction of sp³-hybridized carbons (Fsp3) is 0.350. The molecule has 1 aromatic heterocycles. The van der Waals surface area contributed by atoms with E-state index in [4.69, 9.17) is 0 Å². The molecule has 2 atom stereocenters. The van der Waals surface area contributed by atoms with E-state index < -0.39 is 0 Å². The molecule has 2 aliphatic heterocycles. The fourth-order valence-corrected chi connectivity index (χ4v) is 3.98. The highest BCUT2D eigenvalue weighted by Crippen LogP contribution is 2.38. The van der Waals surface area contributed by atoms with Crippen LogP contribution in [0.2, 0.25) is 0 Å². The molecule has 2 aromatic rings. The van der Waals surface area contributed by atoms with Crippen molar-refractivity contribution < 1.29 is 4.79 Å². The van der Waals surface area contributed by atoms with Gasteiger partial charge in [0.25, 0.3) is 5.56 Å². The first-order valence-corrected chi connectivity index (χ1v) is 8.80. The summed E-state index contributed by atoms with van der Waals surface area (Å²) in [4.78, 5) is 30.5. The first kappa shape index (κ1) is 15.8. The van der Waals surface area contributed by atoms with Gasteiger partial charge >= 0.3 is 0 Å². The van der Waals surface area contributed by atoms with Crippen LogP contribution in [0.5, 0.6) is 0 Å². The predicted molar refractivity (Wildman–Crippen MR) is 95.8 cm³/mol. The van der Waals surface area contributed by atoms with Gasteiger partial charge in [0, 0.05) is 31.3 Å². The molecule has 5 heteroatoms. The molecule has 0 saturated carbocycles. The lowest BCUT2D eigenvalue weighted by molar-refractivity contribution is -0.133. The van der Waals surface area contributed by atoms with Gasteiger partial charge in [0.2, 0.25) is 5.91 Å². The molecular weight excluding hydrogens is 314 g/mol. The number of hydrogen-bond donors (Lipinski definition) is 0. The maximum absolute atomic E-state index is 12.7. The van der Waals surface area contributed by atoms with Crippen LogP contribution in [0.4, 0.5) is 0 Å². The molecule has 5 nitrogen and oxygen atoms in total. The van der Waals surface area contributed by atoms with Gasteiger partial charge in [-0.3, -0.25) is 14.2 Å². The second kappa shape index (κ2) is 6.67. The van der Waals surface area contributed by atoms with E-state index in [9.17, 15) is 9.59 Å². The van der Waals surface area contributed by atoms with Crippen LogP contribution in [0.3, 0.4) is 0 Å². The van der Waals surface area contributed by atoms with Crippen LogP contribution in [-0.4, -0.2) is 32.4 Å². The van der Waals surface area contributed by atoms with E-state index in [0.717, 1.165) is 19.3 Å². The van der Waals surface area contributed by atoms with Gasteiger partial charge < -0.3 is 4.90 Å². The summed E-state index contributed by atoms with van der Waals surface area (Å²) in [7, 11) is 0. The Morgan fingerprint density at radius 3 is 2.76 bits per heavy atom. The highest BCUT2D eigenvalue weighted by Gasteiger charge is 2.39. The van der Waals surface area contributed by atoms with Gasteiger partial charge in [-0.25, -0.2) is 4.98 Å². The molecule has 1 aromatic carbocycles. The summed E-state index contributed by atoms with van der Waals surface area (Å²) in [6.07, 6.45) is 8.56. The van der Waals surface area contributed by atoms with Crippen molar-refractivity contribution in [3.05, 3.63) is 70.9 Å². The number of hydrogen-bond acceptors (Lipinski definition) is 3. The quantitative estimate of drug-likeness (QED) is 0.862. The number of carbonyl (C=O) groups excluding carboxylic acids is 1. The normalized spacial score (nSPS) is 21.9. The number of aromatic nitrogens is 2. The molecular formula is C20H21N3O2. The van der Waals surface area contributed by atoms with E-state index in [1.807, 2.05) is 11.0 Å². The molecule has 2 bridgehead atoms. The minimum absolute atomic E-state index is 0.115. The summed E-state index contributed by atoms with van der Waals surface area (Å²) in [6.45, 7) is 0.386. The maximum Gasteiger partial charge on any atom is 0.253 e. The number of benzene rings is 1. The summed E-state index contributed by atoms with van der Waals surface area (Å²) >= 11 is 0. The van der Waals surface area contributed by atoms with Crippen LogP contribution < -0.4 is 5.56 Å². The lowest BCUT2D eigenvalue weighted by Crippen LogP contribution is -2.43. The molecule has 1 fully saturated rings. The number of nitrogens with zero attached hydrogens (tertiary/aromatic N) is 3. The van der Waals surface area contributed by atoms with Gasteiger partial charge in [-0.2, -0.15) is 0 Å². The molecule has 4 rings (SSSR count). The Bertz CT molecular complexity index is 856. The summed E-state index contributed by atoms with van der Waals surface area (Å²) < 4.78 is 1.50. The summed E-state index contributed by atoms with van der Waals surface area (Å²) in [5.74, 6) is 0.131. The van der Waals surface area contributed by atoms with Crippen molar-refractivity contribution in [3.8, 4) is 0 Å². The number of aryl methyl sites for hydroxylation is 1. The van der Waals surface area contributed by atoms with Crippen LogP contribution in [0.1, 0.15) is 31.2 Å². The summed E-state index contributed by atoms with van der Waals surface area (Å²) in [5, 5.41) is 0. The zero-order chi connectivity index (χ0) is 17.2. The minimum atomic E-state index is -0.115. The molecule has 0 unspecified atom stereocenters. The lowest BCUT2D eigenvalue weighted by atomic mass is 9.94. The molecule has 0 radical (unpaired) electrons. The van der Waals surface area contributed by atoms with Crippen molar-refractivity contribution in [3.63, 3.8) is 0 Å². The van der Waals surface area contributed by atoms with E-state index in [2.05, 4.69) is 35.3 Å². The number of fused-ring (bicyclic) bond motifs is 2. The first-order chi connectivity index (χ1) is 12.2. The minimum Gasteiger partial charge on any atom is -0.333 e. The zero-order valence-electron chi connectivity index (χ0n) is 14.0. The van der Waals surface area contributed by atoms with Crippen molar-refractivity contribution in [2.75, 3.05) is 0 Å². The molecule has 0 spiro atoms.